The van der Waals surface area contributed by atoms with Gasteiger partial charge in [0.05, 0.1) is 19.8 Å². The van der Waals surface area contributed by atoms with Crippen molar-refractivity contribution in [2.24, 2.45) is 0 Å². The van der Waals surface area contributed by atoms with Gasteiger partial charge >= 0.3 is 0 Å². The number of aldehydes is 1. The van der Waals surface area contributed by atoms with Gasteiger partial charge < -0.3 is 18.9 Å². The van der Waals surface area contributed by atoms with Crippen LogP contribution < -0.4 is 14.2 Å². The number of carbonyl (C=O) groups excluding carboxylic acids is 1. The maximum atomic E-state index is 12.2. The number of methoxy groups -OCH3 is 3. The number of ether oxygens (including phenoxy) is 4. The Bertz CT molecular complexity index is 1180. The minimum absolute atomic E-state index is 0.307. The molecule has 3 aromatic carbocycles. The molecule has 0 heterocycles. The van der Waals surface area contributed by atoms with E-state index >= 15 is 0 Å². The van der Waals surface area contributed by atoms with Gasteiger partial charge in [-0.25, -0.2) is 0 Å². The van der Waals surface area contributed by atoms with E-state index < -0.39 is 6.10 Å². The Labute approximate surface area is 188 Å². The van der Waals surface area contributed by atoms with Crippen LogP contribution in [0.2, 0.25) is 0 Å². The van der Waals surface area contributed by atoms with E-state index in [9.17, 15) is 4.79 Å². The Morgan fingerprint density at radius 2 is 1.69 bits per heavy atom. The minimum Gasteiger partial charge on any atom is -0.496 e. The summed E-state index contributed by atoms with van der Waals surface area (Å²) in [5.74, 6) is 1.75. The minimum atomic E-state index is -0.527. The molecule has 164 valence electrons. The standard InChI is InChI=1S/C27H26O5/c1-16-19-12-9-13-21(29-3)23(19)27(31-5)24-22(16)25(30-4)17(2)20(14-28)26(24)32-15-18-10-7-6-8-11-18/h6-14,27H,1,15H2,2-5H3. The maximum absolute atomic E-state index is 12.2. The van der Waals surface area contributed by atoms with Crippen molar-refractivity contribution in [2.45, 2.75) is 19.6 Å². The Kier molecular flexibility index (Phi) is 6.01. The van der Waals surface area contributed by atoms with Crippen LogP contribution in [0.15, 0.2) is 55.1 Å². The van der Waals surface area contributed by atoms with Crippen LogP contribution >= 0.6 is 0 Å². The molecular weight excluding hydrogens is 404 g/mol. The first-order valence-electron chi connectivity index (χ1n) is 10.3. The molecule has 5 nitrogen and oxygen atoms in total. The molecule has 1 atom stereocenters. The molecule has 0 saturated heterocycles. The summed E-state index contributed by atoms with van der Waals surface area (Å²) in [6.45, 7) is 6.53. The van der Waals surface area contributed by atoms with Crippen molar-refractivity contribution >= 4 is 11.9 Å². The molecular formula is C27H26O5. The first-order chi connectivity index (χ1) is 15.6. The second-order valence-corrected chi connectivity index (χ2v) is 7.60. The van der Waals surface area contributed by atoms with Gasteiger partial charge in [-0.3, -0.25) is 4.79 Å². The summed E-state index contributed by atoms with van der Waals surface area (Å²) in [4.78, 5) is 12.2. The van der Waals surface area contributed by atoms with Crippen LogP contribution in [0.4, 0.5) is 0 Å². The van der Waals surface area contributed by atoms with E-state index in [1.54, 1.807) is 21.3 Å². The van der Waals surface area contributed by atoms with Gasteiger partial charge in [0.25, 0.3) is 0 Å². The van der Waals surface area contributed by atoms with Crippen LogP contribution in [-0.4, -0.2) is 27.6 Å². The van der Waals surface area contributed by atoms with Crippen molar-refractivity contribution in [1.82, 2.24) is 0 Å². The van der Waals surface area contributed by atoms with Gasteiger partial charge in [0, 0.05) is 29.4 Å². The highest BCUT2D eigenvalue weighted by molar-refractivity contribution is 5.95. The van der Waals surface area contributed by atoms with Crippen LogP contribution in [-0.2, 0) is 11.3 Å². The van der Waals surface area contributed by atoms with Gasteiger partial charge in [0.1, 0.15) is 30.0 Å². The van der Waals surface area contributed by atoms with Gasteiger partial charge in [-0.2, -0.15) is 0 Å². The first kappa shape index (κ1) is 21.7. The molecule has 0 aromatic heterocycles. The molecule has 32 heavy (non-hydrogen) atoms. The monoisotopic (exact) mass is 430 g/mol. The highest BCUT2D eigenvalue weighted by Crippen LogP contribution is 2.54. The highest BCUT2D eigenvalue weighted by Gasteiger charge is 2.38. The smallest absolute Gasteiger partial charge is 0.154 e. The lowest BCUT2D eigenvalue weighted by Gasteiger charge is -2.34. The molecule has 0 bridgehead atoms. The zero-order valence-corrected chi connectivity index (χ0v) is 18.7. The fourth-order valence-electron chi connectivity index (χ4n) is 4.46. The number of benzene rings is 3. The van der Waals surface area contributed by atoms with Crippen molar-refractivity contribution in [3.63, 3.8) is 0 Å². The van der Waals surface area contributed by atoms with E-state index in [0.717, 1.165) is 39.7 Å². The van der Waals surface area contributed by atoms with Crippen molar-refractivity contribution in [1.29, 1.82) is 0 Å². The molecule has 1 aliphatic carbocycles. The lowest BCUT2D eigenvalue weighted by Crippen LogP contribution is -2.20. The van der Waals surface area contributed by atoms with Crippen LogP contribution in [0.25, 0.3) is 5.57 Å². The fraction of sp³-hybridized carbons (Fsp3) is 0.222. The summed E-state index contributed by atoms with van der Waals surface area (Å²) in [7, 11) is 4.85. The number of hydrogen-bond donors (Lipinski definition) is 0. The predicted octanol–water partition coefficient (Wildman–Crippen LogP) is 5.51. The Morgan fingerprint density at radius 3 is 2.31 bits per heavy atom. The molecule has 0 amide bonds. The van der Waals surface area contributed by atoms with Gasteiger partial charge in [-0.05, 0) is 29.7 Å². The zero-order chi connectivity index (χ0) is 22.8. The lowest BCUT2D eigenvalue weighted by molar-refractivity contribution is 0.111. The first-order valence-corrected chi connectivity index (χ1v) is 10.3. The summed E-state index contributed by atoms with van der Waals surface area (Å²) >= 11 is 0. The fourth-order valence-corrected chi connectivity index (χ4v) is 4.46. The normalized spacial score (nSPS) is 14.4. The molecule has 3 aromatic rings. The van der Waals surface area contributed by atoms with Crippen molar-refractivity contribution in [2.75, 3.05) is 21.3 Å². The molecule has 0 fully saturated rings. The second-order valence-electron chi connectivity index (χ2n) is 7.60. The molecule has 0 radical (unpaired) electrons. The average Bonchev–Trinajstić information content (AvgIpc) is 2.83. The third-order valence-electron chi connectivity index (χ3n) is 5.95. The lowest BCUT2D eigenvalue weighted by atomic mass is 9.77. The summed E-state index contributed by atoms with van der Waals surface area (Å²) in [6, 6.07) is 15.6. The van der Waals surface area contributed by atoms with E-state index in [4.69, 9.17) is 18.9 Å². The maximum Gasteiger partial charge on any atom is 0.154 e. The molecule has 0 spiro atoms. The van der Waals surface area contributed by atoms with E-state index in [-0.39, 0.29) is 0 Å². The van der Waals surface area contributed by atoms with Crippen LogP contribution in [0.5, 0.6) is 17.2 Å². The van der Waals surface area contributed by atoms with E-state index in [2.05, 4.69) is 6.58 Å². The van der Waals surface area contributed by atoms with Crippen molar-refractivity contribution in [3.8, 4) is 17.2 Å². The quantitative estimate of drug-likeness (QED) is 0.462. The van der Waals surface area contributed by atoms with E-state index in [1.807, 2.05) is 55.5 Å². The second kappa shape index (κ2) is 8.89. The summed E-state index contributed by atoms with van der Waals surface area (Å²) in [5, 5.41) is 0. The number of rotatable bonds is 7. The molecule has 4 rings (SSSR count). The van der Waals surface area contributed by atoms with Gasteiger partial charge in [0.15, 0.2) is 6.29 Å². The largest absolute Gasteiger partial charge is 0.496 e. The topological polar surface area (TPSA) is 54.0 Å². The van der Waals surface area contributed by atoms with Gasteiger partial charge in [-0.1, -0.05) is 49.0 Å². The molecule has 0 aliphatic heterocycles. The van der Waals surface area contributed by atoms with Crippen LogP contribution in [0, 0.1) is 6.92 Å². The number of carbonyl (C=O) groups is 1. The van der Waals surface area contributed by atoms with Crippen molar-refractivity contribution < 1.29 is 23.7 Å². The Hall–Kier alpha value is -3.57. The van der Waals surface area contributed by atoms with Gasteiger partial charge in [-0.15, -0.1) is 0 Å². The number of fused-ring (bicyclic) bond motifs is 2. The summed E-state index contributed by atoms with van der Waals surface area (Å²) in [6.07, 6.45) is 0.284. The van der Waals surface area contributed by atoms with Gasteiger partial charge in [0.2, 0.25) is 0 Å². The molecule has 1 unspecified atom stereocenters. The Morgan fingerprint density at radius 1 is 0.938 bits per heavy atom. The SMILES string of the molecule is C=C1c2cccc(OC)c2C(OC)c2c(OCc3ccccc3)c(C=O)c(C)c(OC)c21. The van der Waals surface area contributed by atoms with Crippen LogP contribution in [0.1, 0.15) is 49.8 Å². The third-order valence-corrected chi connectivity index (χ3v) is 5.95. The molecule has 1 aliphatic rings. The molecule has 5 heteroatoms. The predicted molar refractivity (Wildman–Crippen MR) is 124 cm³/mol. The highest BCUT2D eigenvalue weighted by atomic mass is 16.5. The average molecular weight is 431 g/mol. The zero-order valence-electron chi connectivity index (χ0n) is 18.7. The molecule has 0 N–H and O–H groups in total. The number of hydrogen-bond acceptors (Lipinski definition) is 5. The third kappa shape index (κ3) is 3.35. The van der Waals surface area contributed by atoms with Crippen LogP contribution in [0.3, 0.4) is 0 Å². The van der Waals surface area contributed by atoms with E-state index in [1.165, 1.54) is 0 Å². The summed E-state index contributed by atoms with van der Waals surface area (Å²) < 4.78 is 23.7. The van der Waals surface area contributed by atoms with Crippen molar-refractivity contribution in [3.05, 3.63) is 94.1 Å². The molecule has 0 saturated carbocycles. The summed E-state index contributed by atoms with van der Waals surface area (Å²) in [5.41, 5.74) is 6.16. The Balaban J connectivity index is 2.00. The van der Waals surface area contributed by atoms with E-state index in [0.29, 0.717) is 35.0 Å².